The molecular formula is C54H35N. The van der Waals surface area contributed by atoms with Gasteiger partial charge >= 0.3 is 0 Å². The van der Waals surface area contributed by atoms with E-state index in [1.807, 2.05) is 0 Å². The second kappa shape index (κ2) is 12.2. The van der Waals surface area contributed by atoms with E-state index in [0.717, 1.165) is 44.8 Å². The quantitative estimate of drug-likeness (QED) is 0.121. The number of aliphatic imine (C=N–C) groups is 1. The Bertz CT molecular complexity index is 3310. The van der Waals surface area contributed by atoms with Crippen LogP contribution in [0.5, 0.6) is 0 Å². The molecule has 256 valence electrons. The first-order valence-corrected chi connectivity index (χ1v) is 19.0. The molecule has 11 aromatic rings. The Morgan fingerprint density at radius 2 is 0.836 bits per heavy atom. The molecule has 11 rings (SSSR count). The van der Waals surface area contributed by atoms with Crippen molar-refractivity contribution in [1.82, 2.24) is 0 Å². The Kier molecular flexibility index (Phi) is 6.99. The van der Waals surface area contributed by atoms with Crippen LogP contribution >= 0.6 is 0 Å². The number of nitrogens with zero attached hydrogens (tertiary/aromatic N) is 1. The van der Waals surface area contributed by atoms with E-state index in [0.29, 0.717) is 0 Å². The highest BCUT2D eigenvalue weighted by Gasteiger charge is 2.18. The van der Waals surface area contributed by atoms with Crippen LogP contribution in [0, 0.1) is 6.92 Å². The van der Waals surface area contributed by atoms with Gasteiger partial charge in [0.05, 0.1) is 11.4 Å². The summed E-state index contributed by atoms with van der Waals surface area (Å²) in [6, 6.07) is 66.3. The van der Waals surface area contributed by atoms with Crippen molar-refractivity contribution in [2.24, 2.45) is 4.99 Å². The molecule has 0 unspecified atom stereocenters. The minimum Gasteiger partial charge on any atom is -0.248 e. The van der Waals surface area contributed by atoms with Gasteiger partial charge in [-0.15, -0.1) is 0 Å². The number of rotatable bonds is 6. The number of para-hydroxylation sites is 1. The first-order valence-electron chi connectivity index (χ1n) is 19.0. The zero-order valence-corrected chi connectivity index (χ0v) is 30.5. The van der Waals surface area contributed by atoms with Gasteiger partial charge in [0, 0.05) is 11.1 Å². The molecule has 0 aliphatic heterocycles. The van der Waals surface area contributed by atoms with Crippen LogP contribution in [0.3, 0.4) is 0 Å². The summed E-state index contributed by atoms with van der Waals surface area (Å²) in [4.78, 5) is 5.39. The number of hydrogen-bond donors (Lipinski definition) is 0. The molecule has 0 radical (unpaired) electrons. The van der Waals surface area contributed by atoms with E-state index in [2.05, 4.69) is 189 Å². The van der Waals surface area contributed by atoms with Crippen molar-refractivity contribution in [3.63, 3.8) is 0 Å². The van der Waals surface area contributed by atoms with Gasteiger partial charge < -0.3 is 0 Å². The Morgan fingerprint density at radius 3 is 1.38 bits per heavy atom. The number of allylic oxidation sites excluding steroid dienone is 1. The molecule has 0 bridgehead atoms. The largest absolute Gasteiger partial charge is 0.248 e. The molecule has 0 amide bonds. The van der Waals surface area contributed by atoms with Crippen LogP contribution in [0.15, 0.2) is 194 Å². The third kappa shape index (κ3) is 4.97. The third-order valence-electron chi connectivity index (χ3n) is 11.7. The van der Waals surface area contributed by atoms with Gasteiger partial charge in [-0.1, -0.05) is 170 Å². The summed E-state index contributed by atoms with van der Waals surface area (Å²) >= 11 is 0. The highest BCUT2D eigenvalue weighted by molar-refractivity contribution is 6.33. The molecule has 0 aromatic heterocycles. The molecule has 0 saturated heterocycles. The van der Waals surface area contributed by atoms with Crippen LogP contribution in [0.25, 0.3) is 92.5 Å². The Balaban J connectivity index is 1.06. The highest BCUT2D eigenvalue weighted by Crippen LogP contribution is 2.42. The number of benzene rings is 11. The van der Waals surface area contributed by atoms with E-state index in [9.17, 15) is 0 Å². The molecule has 0 fully saturated rings. The molecule has 0 aliphatic rings. The number of aryl methyl sites for hydroxylation is 1. The van der Waals surface area contributed by atoms with Crippen molar-refractivity contribution in [2.75, 3.05) is 0 Å². The zero-order chi connectivity index (χ0) is 36.6. The van der Waals surface area contributed by atoms with Gasteiger partial charge in [0.15, 0.2) is 0 Å². The average Bonchev–Trinajstić information content (AvgIpc) is 3.24. The summed E-state index contributed by atoms with van der Waals surface area (Å²) in [6.07, 6.45) is 0. The molecular weight excluding hydrogens is 663 g/mol. The summed E-state index contributed by atoms with van der Waals surface area (Å²) in [6.45, 7) is 6.89. The first-order chi connectivity index (χ1) is 27.1. The van der Waals surface area contributed by atoms with Gasteiger partial charge in [0.2, 0.25) is 0 Å². The van der Waals surface area contributed by atoms with Crippen molar-refractivity contribution in [3.05, 3.63) is 205 Å². The zero-order valence-electron chi connectivity index (χ0n) is 30.5. The molecule has 1 heteroatoms. The lowest BCUT2D eigenvalue weighted by molar-refractivity contribution is 1.39. The van der Waals surface area contributed by atoms with Gasteiger partial charge in [-0.25, -0.2) is 4.99 Å². The van der Waals surface area contributed by atoms with Crippen LogP contribution < -0.4 is 0 Å². The lowest BCUT2D eigenvalue weighted by Gasteiger charge is -2.17. The van der Waals surface area contributed by atoms with Gasteiger partial charge in [-0.3, -0.25) is 0 Å². The average molecular weight is 698 g/mol. The van der Waals surface area contributed by atoms with Crippen LogP contribution in [0.1, 0.15) is 16.7 Å². The highest BCUT2D eigenvalue weighted by atomic mass is 14.8. The van der Waals surface area contributed by atoms with Gasteiger partial charge in [-0.05, 0) is 123 Å². The Morgan fingerprint density at radius 1 is 0.400 bits per heavy atom. The summed E-state index contributed by atoms with van der Waals surface area (Å²) in [5.74, 6) is 0. The molecule has 0 aliphatic carbocycles. The van der Waals surface area contributed by atoms with Crippen molar-refractivity contribution in [1.29, 1.82) is 0 Å². The smallest absolute Gasteiger partial charge is 0.0781 e. The molecule has 1 nitrogen and oxygen atoms in total. The maximum atomic E-state index is 5.39. The van der Waals surface area contributed by atoms with Crippen molar-refractivity contribution in [3.8, 4) is 22.3 Å². The fourth-order valence-corrected chi connectivity index (χ4v) is 8.93. The molecule has 0 N–H and O–H groups in total. The van der Waals surface area contributed by atoms with E-state index in [1.54, 1.807) is 0 Å². The van der Waals surface area contributed by atoms with Crippen LogP contribution in [0.2, 0.25) is 0 Å². The van der Waals surface area contributed by atoms with Crippen molar-refractivity contribution >= 4 is 81.6 Å². The second-order valence-electron chi connectivity index (χ2n) is 14.8. The molecule has 0 atom stereocenters. The van der Waals surface area contributed by atoms with Crippen LogP contribution in [-0.2, 0) is 0 Å². The van der Waals surface area contributed by atoms with E-state index >= 15 is 0 Å². The summed E-state index contributed by atoms with van der Waals surface area (Å²) < 4.78 is 0. The molecule has 0 saturated carbocycles. The topological polar surface area (TPSA) is 12.4 Å². The fraction of sp³-hybridized carbons (Fsp3) is 0.0185. The van der Waals surface area contributed by atoms with Gasteiger partial charge in [-0.2, -0.15) is 0 Å². The maximum Gasteiger partial charge on any atom is 0.0781 e. The van der Waals surface area contributed by atoms with Crippen LogP contribution in [0.4, 0.5) is 5.69 Å². The van der Waals surface area contributed by atoms with E-state index in [-0.39, 0.29) is 0 Å². The predicted octanol–water partition coefficient (Wildman–Crippen LogP) is 15.0. The lowest BCUT2D eigenvalue weighted by Crippen LogP contribution is -2.04. The Labute approximate surface area is 319 Å². The Hall–Kier alpha value is -7.09. The maximum absolute atomic E-state index is 5.39. The molecule has 11 aromatic carbocycles. The summed E-state index contributed by atoms with van der Waals surface area (Å²) in [5, 5.41) is 15.4. The van der Waals surface area contributed by atoms with Crippen molar-refractivity contribution < 1.29 is 0 Å². The van der Waals surface area contributed by atoms with Crippen LogP contribution in [-0.4, -0.2) is 5.71 Å². The fourth-order valence-electron chi connectivity index (χ4n) is 8.93. The molecule has 0 heterocycles. The van der Waals surface area contributed by atoms with Gasteiger partial charge in [0.1, 0.15) is 0 Å². The van der Waals surface area contributed by atoms with Crippen molar-refractivity contribution in [2.45, 2.75) is 6.92 Å². The molecule has 0 spiro atoms. The second-order valence-corrected chi connectivity index (χ2v) is 14.8. The third-order valence-corrected chi connectivity index (χ3v) is 11.7. The SMILES string of the molecule is C=C(C(=Nc1ccccc1C)c1cccc(-c2ccc3ccc4cccc5ccc2c3c45)c1)c1cccc(-c2ccc3ccc4cccc5ccc2c3c45)c1. The standard InChI is InChI=1S/C54H35N/c1-33-9-3-4-18-49(33)55-54(44-17-8-16-43(32-44)46-28-24-40-22-20-36-11-6-13-38-26-30-48(46)53(40)51(36)38)34(2)41-14-7-15-42(31-41)45-27-23-39-21-19-35-10-5-12-37-25-29-47(45)52(39)50(35)37/h3-32H,2H2,1H3. The summed E-state index contributed by atoms with van der Waals surface area (Å²) in [5.41, 5.74) is 10.6. The molecule has 55 heavy (non-hydrogen) atoms. The lowest BCUT2D eigenvalue weighted by atomic mass is 9.88. The minimum atomic E-state index is 0.862. The van der Waals surface area contributed by atoms with Gasteiger partial charge in [0.25, 0.3) is 0 Å². The first kappa shape index (κ1) is 31.4. The van der Waals surface area contributed by atoms with E-state index in [4.69, 9.17) is 11.6 Å². The minimum absolute atomic E-state index is 0.862. The summed E-state index contributed by atoms with van der Waals surface area (Å²) in [7, 11) is 0. The predicted molar refractivity (Wildman–Crippen MR) is 238 cm³/mol. The van der Waals surface area contributed by atoms with E-state index < -0.39 is 0 Å². The monoisotopic (exact) mass is 697 g/mol. The number of hydrogen-bond acceptors (Lipinski definition) is 1. The normalized spacial score (nSPS) is 12.3. The van der Waals surface area contributed by atoms with E-state index in [1.165, 1.54) is 75.8 Å².